The van der Waals surface area contributed by atoms with Gasteiger partial charge in [0.25, 0.3) is 0 Å². The third-order valence-corrected chi connectivity index (χ3v) is 4.01. The minimum atomic E-state index is -0.783. The summed E-state index contributed by atoms with van der Waals surface area (Å²) in [5.74, 6) is -0.359. The molecule has 1 unspecified atom stereocenters. The second-order valence-electron chi connectivity index (χ2n) is 4.84. The fourth-order valence-corrected chi connectivity index (χ4v) is 2.68. The van der Waals surface area contributed by atoms with Gasteiger partial charge < -0.3 is 14.6 Å². The molecule has 1 fully saturated rings. The van der Waals surface area contributed by atoms with Crippen molar-refractivity contribution < 1.29 is 19.0 Å². The Bertz CT molecular complexity index is 433. The van der Waals surface area contributed by atoms with E-state index in [0.717, 1.165) is 0 Å². The van der Waals surface area contributed by atoms with E-state index >= 15 is 0 Å². The van der Waals surface area contributed by atoms with Crippen LogP contribution in [0.3, 0.4) is 0 Å². The Kier molecular flexibility index (Phi) is 4.79. The Balaban J connectivity index is 2.14. The largest absolute Gasteiger partial charge is 0.390 e. The zero-order chi connectivity index (χ0) is 13.9. The van der Waals surface area contributed by atoms with E-state index in [9.17, 15) is 9.50 Å². The van der Waals surface area contributed by atoms with Crippen LogP contribution in [0.25, 0.3) is 0 Å². The zero-order valence-corrected chi connectivity index (χ0v) is 11.6. The van der Waals surface area contributed by atoms with Crippen molar-refractivity contribution >= 4 is 11.6 Å². The van der Waals surface area contributed by atoms with E-state index in [4.69, 9.17) is 21.1 Å². The number of ether oxygens (including phenoxy) is 2. The van der Waals surface area contributed by atoms with E-state index in [1.54, 1.807) is 13.2 Å². The van der Waals surface area contributed by atoms with Crippen LogP contribution in [0.4, 0.5) is 4.39 Å². The van der Waals surface area contributed by atoms with Gasteiger partial charge in [0.15, 0.2) is 0 Å². The molecule has 0 amide bonds. The first kappa shape index (κ1) is 14.7. The van der Waals surface area contributed by atoms with Crippen molar-refractivity contribution in [1.82, 2.24) is 0 Å². The van der Waals surface area contributed by atoms with Gasteiger partial charge in [-0.15, -0.1) is 0 Å². The van der Waals surface area contributed by atoms with Gasteiger partial charge in [0, 0.05) is 44.6 Å². The van der Waals surface area contributed by atoms with E-state index < -0.39 is 11.7 Å². The molecule has 0 aliphatic carbocycles. The fourth-order valence-electron chi connectivity index (χ4n) is 2.48. The number of benzene rings is 1. The maximum atomic E-state index is 13.7. The Morgan fingerprint density at radius 1 is 1.47 bits per heavy atom. The summed E-state index contributed by atoms with van der Waals surface area (Å²) in [6.45, 7) is 1.09. The minimum absolute atomic E-state index is 0.181. The maximum Gasteiger partial charge on any atom is 0.126 e. The standard InChI is InChI=1S/C14H18ClFO3/c1-18-14(4-6-19-7-5-14)13(17)9-10-8-11(15)2-3-12(10)16/h2-3,8,13,17H,4-7,9H2,1H3. The molecule has 0 saturated carbocycles. The number of aliphatic hydroxyl groups is 1. The van der Waals surface area contributed by atoms with Crippen LogP contribution in [0.15, 0.2) is 18.2 Å². The summed E-state index contributed by atoms with van der Waals surface area (Å²) >= 11 is 5.86. The molecule has 106 valence electrons. The highest BCUT2D eigenvalue weighted by molar-refractivity contribution is 6.30. The van der Waals surface area contributed by atoms with Crippen LogP contribution in [-0.2, 0) is 15.9 Å². The van der Waals surface area contributed by atoms with Crippen LogP contribution in [0.1, 0.15) is 18.4 Å². The number of aliphatic hydroxyl groups excluding tert-OH is 1. The first-order valence-corrected chi connectivity index (χ1v) is 6.70. The summed E-state index contributed by atoms with van der Waals surface area (Å²) < 4.78 is 24.5. The van der Waals surface area contributed by atoms with Gasteiger partial charge in [0.1, 0.15) is 5.82 Å². The molecule has 0 aromatic heterocycles. The third kappa shape index (κ3) is 3.26. The molecule has 1 aromatic rings. The van der Waals surface area contributed by atoms with Crippen LogP contribution >= 0.6 is 11.6 Å². The number of methoxy groups -OCH3 is 1. The Hall–Kier alpha value is -0.680. The quantitative estimate of drug-likeness (QED) is 0.925. The molecule has 1 N–H and O–H groups in total. The molecule has 0 bridgehead atoms. The second-order valence-corrected chi connectivity index (χ2v) is 5.27. The summed E-state index contributed by atoms with van der Waals surface area (Å²) in [4.78, 5) is 0. The monoisotopic (exact) mass is 288 g/mol. The summed E-state index contributed by atoms with van der Waals surface area (Å²) in [5, 5.41) is 10.9. The van der Waals surface area contributed by atoms with Crippen molar-refractivity contribution in [2.24, 2.45) is 0 Å². The summed E-state index contributed by atoms with van der Waals surface area (Å²) in [5.41, 5.74) is -0.254. The lowest BCUT2D eigenvalue weighted by Gasteiger charge is -2.39. The highest BCUT2D eigenvalue weighted by Gasteiger charge is 2.40. The van der Waals surface area contributed by atoms with E-state index in [0.29, 0.717) is 36.6 Å². The molecule has 19 heavy (non-hydrogen) atoms. The average molecular weight is 289 g/mol. The van der Waals surface area contributed by atoms with Gasteiger partial charge in [-0.2, -0.15) is 0 Å². The number of rotatable bonds is 4. The van der Waals surface area contributed by atoms with E-state index in [1.165, 1.54) is 12.1 Å². The van der Waals surface area contributed by atoms with Gasteiger partial charge in [0.2, 0.25) is 0 Å². The Morgan fingerprint density at radius 3 is 2.79 bits per heavy atom. The lowest BCUT2D eigenvalue weighted by atomic mass is 9.84. The SMILES string of the molecule is COC1(C(O)Cc2cc(Cl)ccc2F)CCOCC1. The zero-order valence-electron chi connectivity index (χ0n) is 10.9. The van der Waals surface area contributed by atoms with Crippen molar-refractivity contribution in [2.45, 2.75) is 31.0 Å². The summed E-state index contributed by atoms with van der Waals surface area (Å²) in [6, 6.07) is 4.35. The first-order chi connectivity index (χ1) is 9.07. The van der Waals surface area contributed by atoms with Crippen LogP contribution in [0.2, 0.25) is 5.02 Å². The van der Waals surface area contributed by atoms with E-state index in [2.05, 4.69) is 0 Å². The molecule has 1 aliphatic heterocycles. The molecule has 1 heterocycles. The van der Waals surface area contributed by atoms with Gasteiger partial charge in [0.05, 0.1) is 11.7 Å². The average Bonchev–Trinajstić information content (AvgIpc) is 2.43. The third-order valence-electron chi connectivity index (χ3n) is 3.77. The normalized spacial score (nSPS) is 20.2. The summed E-state index contributed by atoms with van der Waals surface area (Å²) in [7, 11) is 1.57. The lowest BCUT2D eigenvalue weighted by Crippen LogP contribution is -2.49. The predicted molar refractivity (Wildman–Crippen MR) is 70.9 cm³/mol. The van der Waals surface area contributed by atoms with E-state index in [-0.39, 0.29) is 12.2 Å². The van der Waals surface area contributed by atoms with Gasteiger partial charge >= 0.3 is 0 Å². The molecule has 1 saturated heterocycles. The van der Waals surface area contributed by atoms with Gasteiger partial charge in [-0.25, -0.2) is 4.39 Å². The molecular weight excluding hydrogens is 271 g/mol. The van der Waals surface area contributed by atoms with Crippen molar-refractivity contribution in [1.29, 1.82) is 0 Å². The Labute approximate surface area is 117 Å². The molecule has 5 heteroatoms. The molecule has 3 nitrogen and oxygen atoms in total. The molecule has 1 atom stereocenters. The number of halogens is 2. The molecule has 1 aliphatic rings. The molecule has 2 rings (SSSR count). The van der Waals surface area contributed by atoms with Crippen LogP contribution < -0.4 is 0 Å². The topological polar surface area (TPSA) is 38.7 Å². The fraction of sp³-hybridized carbons (Fsp3) is 0.571. The van der Waals surface area contributed by atoms with Crippen LogP contribution in [-0.4, -0.2) is 37.1 Å². The smallest absolute Gasteiger partial charge is 0.126 e. The highest BCUT2D eigenvalue weighted by Crippen LogP contribution is 2.31. The van der Waals surface area contributed by atoms with Gasteiger partial charge in [-0.3, -0.25) is 0 Å². The second kappa shape index (κ2) is 6.18. The molecule has 0 spiro atoms. The van der Waals surface area contributed by atoms with Crippen molar-refractivity contribution in [3.8, 4) is 0 Å². The molecular formula is C14H18ClFO3. The van der Waals surface area contributed by atoms with Crippen molar-refractivity contribution in [2.75, 3.05) is 20.3 Å². The first-order valence-electron chi connectivity index (χ1n) is 6.32. The molecule has 1 aromatic carbocycles. The maximum absolute atomic E-state index is 13.7. The minimum Gasteiger partial charge on any atom is -0.390 e. The summed E-state index contributed by atoms with van der Waals surface area (Å²) in [6.07, 6.45) is 0.606. The Morgan fingerprint density at radius 2 is 2.16 bits per heavy atom. The van der Waals surface area contributed by atoms with Crippen LogP contribution in [0, 0.1) is 5.82 Å². The van der Waals surface area contributed by atoms with Gasteiger partial charge in [-0.1, -0.05) is 11.6 Å². The van der Waals surface area contributed by atoms with Gasteiger partial charge in [-0.05, 0) is 23.8 Å². The molecule has 0 radical (unpaired) electrons. The highest BCUT2D eigenvalue weighted by atomic mass is 35.5. The lowest BCUT2D eigenvalue weighted by molar-refractivity contribution is -0.151. The number of hydrogen-bond acceptors (Lipinski definition) is 3. The van der Waals surface area contributed by atoms with Crippen LogP contribution in [0.5, 0.6) is 0 Å². The van der Waals surface area contributed by atoms with E-state index in [1.807, 2.05) is 0 Å². The van der Waals surface area contributed by atoms with Crippen molar-refractivity contribution in [3.63, 3.8) is 0 Å². The van der Waals surface area contributed by atoms with Crippen molar-refractivity contribution in [3.05, 3.63) is 34.6 Å². The number of hydrogen-bond donors (Lipinski definition) is 1. The predicted octanol–water partition coefficient (Wildman–Crippen LogP) is 2.58.